The van der Waals surface area contributed by atoms with Gasteiger partial charge < -0.3 is 20.3 Å². The van der Waals surface area contributed by atoms with Crippen molar-refractivity contribution in [1.82, 2.24) is 20.4 Å². The standard InChI is InChI=1S/C21H32ClN5O2/c1-3-23-21(24-9-8-16-4-7-18(29-2)14-19(16)22)27-12-10-26(11-13-27)15-20(28)25-17-5-6-17/h4,7,14,17H,3,5-6,8-13,15H2,1-2H3,(H,23,24)(H,25,28). The van der Waals surface area contributed by atoms with E-state index in [1.807, 2.05) is 18.2 Å². The van der Waals surface area contributed by atoms with E-state index in [-0.39, 0.29) is 5.91 Å². The Kier molecular flexibility index (Phi) is 8.00. The van der Waals surface area contributed by atoms with Crippen molar-refractivity contribution in [2.24, 2.45) is 4.99 Å². The number of nitrogens with zero attached hydrogens (tertiary/aromatic N) is 3. The Morgan fingerprint density at radius 3 is 2.66 bits per heavy atom. The Bertz CT molecular complexity index is 715. The van der Waals surface area contributed by atoms with Crippen LogP contribution in [0.2, 0.25) is 5.02 Å². The smallest absolute Gasteiger partial charge is 0.234 e. The van der Waals surface area contributed by atoms with E-state index in [0.717, 1.165) is 69.3 Å². The van der Waals surface area contributed by atoms with Crippen LogP contribution in [0.3, 0.4) is 0 Å². The summed E-state index contributed by atoms with van der Waals surface area (Å²) in [6.07, 6.45) is 3.03. The van der Waals surface area contributed by atoms with Crippen molar-refractivity contribution < 1.29 is 9.53 Å². The van der Waals surface area contributed by atoms with Crippen LogP contribution in [0.15, 0.2) is 23.2 Å². The zero-order valence-electron chi connectivity index (χ0n) is 17.4. The van der Waals surface area contributed by atoms with Crippen LogP contribution in [0.1, 0.15) is 25.3 Å². The SMILES string of the molecule is CCNC(=NCCc1ccc(OC)cc1Cl)N1CCN(CC(=O)NC2CC2)CC1. The molecule has 1 amide bonds. The molecule has 160 valence electrons. The highest BCUT2D eigenvalue weighted by Crippen LogP contribution is 2.22. The zero-order chi connectivity index (χ0) is 20.6. The zero-order valence-corrected chi connectivity index (χ0v) is 18.2. The molecule has 0 unspecified atom stereocenters. The number of amides is 1. The number of aliphatic imine (C=N–C) groups is 1. The molecule has 1 saturated heterocycles. The van der Waals surface area contributed by atoms with Gasteiger partial charge in [-0.25, -0.2) is 0 Å². The molecule has 3 rings (SSSR count). The molecule has 2 aliphatic rings. The highest BCUT2D eigenvalue weighted by Gasteiger charge is 2.25. The van der Waals surface area contributed by atoms with Gasteiger partial charge in [-0.15, -0.1) is 0 Å². The Hall–Kier alpha value is -1.99. The van der Waals surface area contributed by atoms with E-state index in [9.17, 15) is 4.79 Å². The third kappa shape index (κ3) is 6.78. The highest BCUT2D eigenvalue weighted by atomic mass is 35.5. The largest absolute Gasteiger partial charge is 0.497 e. The minimum absolute atomic E-state index is 0.151. The summed E-state index contributed by atoms with van der Waals surface area (Å²) in [7, 11) is 1.64. The predicted molar refractivity (Wildman–Crippen MR) is 117 cm³/mol. The summed E-state index contributed by atoms with van der Waals surface area (Å²) in [6.45, 7) is 7.53. The molecule has 1 saturated carbocycles. The highest BCUT2D eigenvalue weighted by molar-refractivity contribution is 6.31. The lowest BCUT2D eigenvalue weighted by atomic mass is 10.1. The van der Waals surface area contributed by atoms with Gasteiger partial charge in [0.2, 0.25) is 5.91 Å². The van der Waals surface area contributed by atoms with E-state index in [1.165, 1.54) is 0 Å². The molecule has 1 aromatic rings. The van der Waals surface area contributed by atoms with E-state index in [0.29, 0.717) is 24.2 Å². The molecular weight excluding hydrogens is 390 g/mol. The topological polar surface area (TPSA) is 69.2 Å². The third-order valence-corrected chi connectivity index (χ3v) is 5.57. The fourth-order valence-electron chi connectivity index (χ4n) is 3.39. The molecule has 2 N–H and O–H groups in total. The second-order valence-electron chi connectivity index (χ2n) is 7.55. The molecule has 1 aliphatic carbocycles. The molecule has 0 atom stereocenters. The number of halogens is 1. The van der Waals surface area contributed by atoms with Gasteiger partial charge in [0.15, 0.2) is 5.96 Å². The maximum absolute atomic E-state index is 12.0. The Morgan fingerprint density at radius 1 is 1.28 bits per heavy atom. The molecule has 8 heteroatoms. The summed E-state index contributed by atoms with van der Waals surface area (Å²) in [5, 5.41) is 7.16. The average molecular weight is 422 g/mol. The first-order valence-corrected chi connectivity index (χ1v) is 10.8. The van der Waals surface area contributed by atoms with Crippen LogP contribution < -0.4 is 15.4 Å². The molecule has 0 aromatic heterocycles. The van der Waals surface area contributed by atoms with Crippen molar-refractivity contribution in [1.29, 1.82) is 0 Å². The van der Waals surface area contributed by atoms with Crippen LogP contribution in [0.4, 0.5) is 0 Å². The first-order chi connectivity index (χ1) is 14.1. The second-order valence-corrected chi connectivity index (χ2v) is 7.96. The fraction of sp³-hybridized carbons (Fsp3) is 0.619. The minimum Gasteiger partial charge on any atom is -0.497 e. The first-order valence-electron chi connectivity index (χ1n) is 10.5. The molecule has 7 nitrogen and oxygen atoms in total. The van der Waals surface area contributed by atoms with Crippen LogP contribution in [-0.2, 0) is 11.2 Å². The number of carbonyl (C=O) groups excluding carboxylic acids is 1. The predicted octanol–water partition coefficient (Wildman–Crippen LogP) is 1.75. The summed E-state index contributed by atoms with van der Waals surface area (Å²) < 4.78 is 5.20. The van der Waals surface area contributed by atoms with Crippen molar-refractivity contribution in [2.75, 3.05) is 52.9 Å². The lowest BCUT2D eigenvalue weighted by molar-refractivity contribution is -0.122. The van der Waals surface area contributed by atoms with Gasteiger partial charge in [0.05, 0.1) is 13.7 Å². The van der Waals surface area contributed by atoms with E-state index in [4.69, 9.17) is 21.3 Å². The Morgan fingerprint density at radius 2 is 2.03 bits per heavy atom. The van der Waals surface area contributed by atoms with Gasteiger partial charge in [-0.1, -0.05) is 17.7 Å². The van der Waals surface area contributed by atoms with Crippen molar-refractivity contribution in [2.45, 2.75) is 32.2 Å². The first kappa shape index (κ1) is 21.7. The van der Waals surface area contributed by atoms with Crippen LogP contribution in [0, 0.1) is 0 Å². The lowest BCUT2D eigenvalue weighted by Gasteiger charge is -2.36. The number of methoxy groups -OCH3 is 1. The number of hydrogen-bond donors (Lipinski definition) is 2. The van der Waals surface area contributed by atoms with Gasteiger partial charge in [0.1, 0.15) is 5.75 Å². The molecule has 1 aromatic carbocycles. The van der Waals surface area contributed by atoms with Gasteiger partial charge in [-0.2, -0.15) is 0 Å². The number of rotatable bonds is 8. The third-order valence-electron chi connectivity index (χ3n) is 5.22. The molecule has 29 heavy (non-hydrogen) atoms. The van der Waals surface area contributed by atoms with E-state index < -0.39 is 0 Å². The second kappa shape index (κ2) is 10.7. The Balaban J connectivity index is 1.48. The minimum atomic E-state index is 0.151. The van der Waals surface area contributed by atoms with Gasteiger partial charge in [0.25, 0.3) is 0 Å². The number of benzene rings is 1. The van der Waals surface area contributed by atoms with Crippen molar-refractivity contribution in [3.8, 4) is 5.75 Å². The molecule has 1 aliphatic heterocycles. The van der Waals surface area contributed by atoms with E-state index in [1.54, 1.807) is 7.11 Å². The number of ether oxygens (including phenoxy) is 1. The van der Waals surface area contributed by atoms with Crippen LogP contribution >= 0.6 is 11.6 Å². The monoisotopic (exact) mass is 421 g/mol. The number of guanidine groups is 1. The van der Waals surface area contributed by atoms with E-state index in [2.05, 4.69) is 27.4 Å². The van der Waals surface area contributed by atoms with Gasteiger partial charge in [-0.3, -0.25) is 14.7 Å². The summed E-state index contributed by atoms with van der Waals surface area (Å²) in [4.78, 5) is 21.3. The van der Waals surface area contributed by atoms with Crippen molar-refractivity contribution in [3.63, 3.8) is 0 Å². The number of piperazine rings is 1. The van der Waals surface area contributed by atoms with Crippen molar-refractivity contribution in [3.05, 3.63) is 28.8 Å². The average Bonchev–Trinajstić information content (AvgIpc) is 3.53. The summed E-state index contributed by atoms with van der Waals surface area (Å²) in [6, 6.07) is 6.18. The molecule has 1 heterocycles. The maximum Gasteiger partial charge on any atom is 0.234 e. The van der Waals surface area contributed by atoms with Crippen molar-refractivity contribution >= 4 is 23.5 Å². The lowest BCUT2D eigenvalue weighted by Crippen LogP contribution is -2.54. The summed E-state index contributed by atoms with van der Waals surface area (Å²) in [5.74, 6) is 1.84. The molecular formula is C21H32ClN5O2. The van der Waals surface area contributed by atoms with Crippen LogP contribution in [0.25, 0.3) is 0 Å². The number of nitrogens with one attached hydrogen (secondary N) is 2. The number of hydrogen-bond acceptors (Lipinski definition) is 4. The summed E-state index contributed by atoms with van der Waals surface area (Å²) in [5.41, 5.74) is 1.07. The van der Waals surface area contributed by atoms with Gasteiger partial charge in [-0.05, 0) is 43.9 Å². The molecule has 0 spiro atoms. The van der Waals surface area contributed by atoms with Gasteiger partial charge >= 0.3 is 0 Å². The summed E-state index contributed by atoms with van der Waals surface area (Å²) >= 11 is 6.33. The molecule has 2 fully saturated rings. The Labute approximate surface area is 178 Å². The van der Waals surface area contributed by atoms with Crippen LogP contribution in [0.5, 0.6) is 5.75 Å². The fourth-order valence-corrected chi connectivity index (χ4v) is 3.65. The quantitative estimate of drug-likeness (QED) is 0.494. The van der Waals surface area contributed by atoms with Gasteiger partial charge in [0, 0.05) is 50.3 Å². The number of carbonyl (C=O) groups is 1. The molecule has 0 radical (unpaired) electrons. The molecule has 0 bridgehead atoms. The van der Waals surface area contributed by atoms with E-state index >= 15 is 0 Å². The van der Waals surface area contributed by atoms with Crippen LogP contribution in [-0.4, -0.2) is 80.6 Å². The maximum atomic E-state index is 12.0. The normalized spacial score (nSPS) is 17.9.